The molecule has 0 unspecified atom stereocenters. The molecule has 0 radical (unpaired) electrons. The van der Waals surface area contributed by atoms with Crippen molar-refractivity contribution in [2.24, 2.45) is 0 Å². The summed E-state index contributed by atoms with van der Waals surface area (Å²) in [5.41, 5.74) is 1.54. The smallest absolute Gasteiger partial charge is 0.294 e. The van der Waals surface area contributed by atoms with E-state index in [1.54, 1.807) is 24.3 Å². The lowest BCUT2D eigenvalue weighted by atomic mass is 10.2. The zero-order chi connectivity index (χ0) is 20.1. The van der Waals surface area contributed by atoms with Gasteiger partial charge >= 0.3 is 0 Å². The number of nitro groups is 1. The lowest BCUT2D eigenvalue weighted by molar-refractivity contribution is -0.384. The molecule has 1 heterocycles. The molecule has 1 N–H and O–H groups in total. The second kappa shape index (κ2) is 9.23. The third kappa shape index (κ3) is 5.34. The van der Waals surface area contributed by atoms with E-state index in [2.05, 4.69) is 5.32 Å². The third-order valence-corrected chi connectivity index (χ3v) is 5.10. The molecule has 1 saturated heterocycles. The van der Waals surface area contributed by atoms with Gasteiger partial charge in [0.25, 0.3) is 5.69 Å². The fraction of sp³-hybridized carbons (Fsp3) is 0.316. The number of amides is 1. The van der Waals surface area contributed by atoms with Gasteiger partial charge < -0.3 is 10.2 Å². The molecule has 1 aliphatic rings. The van der Waals surface area contributed by atoms with Gasteiger partial charge in [0.15, 0.2) is 0 Å². The summed E-state index contributed by atoms with van der Waals surface area (Å²) < 4.78 is 0. The monoisotopic (exact) mass is 422 g/mol. The summed E-state index contributed by atoms with van der Waals surface area (Å²) >= 11 is 11.7. The lowest BCUT2D eigenvalue weighted by Crippen LogP contribution is -2.49. The van der Waals surface area contributed by atoms with Crippen LogP contribution in [-0.4, -0.2) is 48.5 Å². The molecule has 0 saturated carbocycles. The summed E-state index contributed by atoms with van der Waals surface area (Å²) in [5.74, 6) is -0.0547. The van der Waals surface area contributed by atoms with Gasteiger partial charge in [-0.05, 0) is 29.8 Å². The van der Waals surface area contributed by atoms with E-state index in [1.165, 1.54) is 6.07 Å². The predicted molar refractivity (Wildman–Crippen MR) is 110 cm³/mol. The van der Waals surface area contributed by atoms with Crippen molar-refractivity contribution in [2.75, 3.05) is 37.6 Å². The molecule has 0 bridgehead atoms. The number of nitro benzene ring substituents is 1. The summed E-state index contributed by atoms with van der Waals surface area (Å²) in [6, 6.07) is 12.0. The van der Waals surface area contributed by atoms with Crippen LogP contribution in [0.4, 0.5) is 11.4 Å². The van der Waals surface area contributed by atoms with E-state index in [0.717, 1.165) is 5.56 Å². The number of hydrogen-bond donors (Lipinski definition) is 1. The lowest BCUT2D eigenvalue weighted by Gasteiger charge is -2.35. The Kier molecular flexibility index (Phi) is 6.72. The van der Waals surface area contributed by atoms with Crippen LogP contribution in [0.3, 0.4) is 0 Å². The first-order valence-corrected chi connectivity index (χ1v) is 9.60. The number of carbonyl (C=O) groups excluding carboxylic acids is 1. The summed E-state index contributed by atoms with van der Waals surface area (Å²) in [6.07, 6.45) is 0. The highest BCUT2D eigenvalue weighted by molar-refractivity contribution is 6.31. The Morgan fingerprint density at radius 2 is 1.68 bits per heavy atom. The van der Waals surface area contributed by atoms with Gasteiger partial charge in [-0.1, -0.05) is 35.3 Å². The Morgan fingerprint density at radius 3 is 2.32 bits per heavy atom. The van der Waals surface area contributed by atoms with Crippen LogP contribution in [0.2, 0.25) is 10.0 Å². The zero-order valence-corrected chi connectivity index (χ0v) is 16.6. The number of hydrogen-bond acceptors (Lipinski definition) is 5. The first-order valence-electron chi connectivity index (χ1n) is 8.85. The largest absolute Gasteiger partial charge is 0.363 e. The van der Waals surface area contributed by atoms with Crippen molar-refractivity contribution in [3.8, 4) is 0 Å². The van der Waals surface area contributed by atoms with Gasteiger partial charge in [0.1, 0.15) is 5.69 Å². The summed E-state index contributed by atoms with van der Waals surface area (Å²) in [6.45, 7) is 3.25. The summed E-state index contributed by atoms with van der Waals surface area (Å²) in [7, 11) is 0. The van der Waals surface area contributed by atoms with Gasteiger partial charge in [0.05, 0.1) is 11.5 Å². The zero-order valence-electron chi connectivity index (χ0n) is 15.1. The van der Waals surface area contributed by atoms with Crippen molar-refractivity contribution >= 4 is 40.5 Å². The molecule has 0 aliphatic carbocycles. The molecule has 0 atom stereocenters. The van der Waals surface area contributed by atoms with Crippen LogP contribution in [0.25, 0.3) is 0 Å². The van der Waals surface area contributed by atoms with Crippen LogP contribution in [0.1, 0.15) is 5.56 Å². The van der Waals surface area contributed by atoms with Crippen molar-refractivity contribution in [3.05, 3.63) is 68.2 Å². The van der Waals surface area contributed by atoms with Crippen molar-refractivity contribution in [1.29, 1.82) is 0 Å². The molecule has 28 heavy (non-hydrogen) atoms. The summed E-state index contributed by atoms with van der Waals surface area (Å²) in [4.78, 5) is 27.0. The Bertz CT molecular complexity index is 853. The average Bonchev–Trinajstić information content (AvgIpc) is 2.68. The molecular weight excluding hydrogens is 403 g/mol. The van der Waals surface area contributed by atoms with E-state index < -0.39 is 4.92 Å². The fourth-order valence-electron chi connectivity index (χ4n) is 3.12. The topological polar surface area (TPSA) is 78.7 Å². The first kappa shape index (κ1) is 20.4. The van der Waals surface area contributed by atoms with Crippen LogP contribution in [0.5, 0.6) is 0 Å². The van der Waals surface area contributed by atoms with E-state index in [4.69, 9.17) is 23.2 Å². The maximum atomic E-state index is 12.2. The standard InChI is InChI=1S/C19H20Cl2N4O3/c20-15-3-1-14(2-4-15)12-22-19(26)13-23-7-9-24(10-8-23)17-6-5-16(21)11-18(17)25(27)28/h1-6,11H,7-10,12-13H2,(H,22,26). The molecule has 3 rings (SSSR count). The number of carbonyl (C=O) groups is 1. The van der Waals surface area contributed by atoms with E-state index in [9.17, 15) is 14.9 Å². The molecule has 9 heteroatoms. The van der Waals surface area contributed by atoms with Crippen LogP contribution in [-0.2, 0) is 11.3 Å². The van der Waals surface area contributed by atoms with Gasteiger partial charge in [-0.3, -0.25) is 19.8 Å². The fourth-order valence-corrected chi connectivity index (χ4v) is 3.41. The second-order valence-corrected chi connectivity index (χ2v) is 7.43. The maximum Gasteiger partial charge on any atom is 0.294 e. The van der Waals surface area contributed by atoms with Crippen molar-refractivity contribution < 1.29 is 9.72 Å². The molecule has 1 amide bonds. The molecule has 2 aromatic carbocycles. The third-order valence-electron chi connectivity index (χ3n) is 4.62. The quantitative estimate of drug-likeness (QED) is 0.570. The number of halogens is 2. The van der Waals surface area contributed by atoms with Gasteiger partial charge in [0.2, 0.25) is 5.91 Å². The second-order valence-electron chi connectivity index (χ2n) is 6.56. The number of anilines is 1. The Hall–Kier alpha value is -2.35. The van der Waals surface area contributed by atoms with Crippen LogP contribution < -0.4 is 10.2 Å². The van der Waals surface area contributed by atoms with Gasteiger partial charge in [-0.2, -0.15) is 0 Å². The maximum absolute atomic E-state index is 12.2. The molecule has 1 fully saturated rings. The average molecular weight is 423 g/mol. The number of nitrogens with zero attached hydrogens (tertiary/aromatic N) is 3. The number of benzene rings is 2. The minimum atomic E-state index is -0.419. The van der Waals surface area contributed by atoms with E-state index in [0.29, 0.717) is 55.0 Å². The minimum Gasteiger partial charge on any atom is -0.363 e. The first-order chi connectivity index (χ1) is 13.4. The number of piperazine rings is 1. The van der Waals surface area contributed by atoms with E-state index in [1.807, 2.05) is 21.9 Å². The van der Waals surface area contributed by atoms with Gasteiger partial charge in [-0.15, -0.1) is 0 Å². The summed E-state index contributed by atoms with van der Waals surface area (Å²) in [5, 5.41) is 15.2. The molecule has 7 nitrogen and oxygen atoms in total. The molecule has 0 aromatic heterocycles. The SMILES string of the molecule is O=C(CN1CCN(c2ccc(Cl)cc2[N+](=O)[O-])CC1)NCc1ccc(Cl)cc1. The minimum absolute atomic E-state index is 0.00153. The number of rotatable bonds is 6. The number of nitrogens with one attached hydrogen (secondary N) is 1. The van der Waals surface area contributed by atoms with Crippen molar-refractivity contribution in [1.82, 2.24) is 10.2 Å². The van der Waals surface area contributed by atoms with Gasteiger partial charge in [0, 0.05) is 48.8 Å². The molecule has 148 valence electrons. The predicted octanol–water partition coefficient (Wildman–Crippen LogP) is 3.34. The molecule has 0 spiro atoms. The van der Waals surface area contributed by atoms with Crippen LogP contribution >= 0.6 is 23.2 Å². The Labute approximate surface area is 173 Å². The van der Waals surface area contributed by atoms with Crippen molar-refractivity contribution in [2.45, 2.75) is 6.54 Å². The van der Waals surface area contributed by atoms with Crippen LogP contribution in [0.15, 0.2) is 42.5 Å². The van der Waals surface area contributed by atoms with E-state index in [-0.39, 0.29) is 11.6 Å². The van der Waals surface area contributed by atoms with Crippen molar-refractivity contribution in [3.63, 3.8) is 0 Å². The molecule has 2 aromatic rings. The Balaban J connectivity index is 1.49. The van der Waals surface area contributed by atoms with E-state index >= 15 is 0 Å². The molecular formula is C19H20Cl2N4O3. The van der Waals surface area contributed by atoms with Crippen LogP contribution in [0, 0.1) is 10.1 Å². The Morgan fingerprint density at radius 1 is 1.04 bits per heavy atom. The highest BCUT2D eigenvalue weighted by Crippen LogP contribution is 2.31. The molecule has 1 aliphatic heterocycles. The highest BCUT2D eigenvalue weighted by atomic mass is 35.5. The highest BCUT2D eigenvalue weighted by Gasteiger charge is 2.24. The van der Waals surface area contributed by atoms with Gasteiger partial charge in [-0.25, -0.2) is 0 Å². The normalized spacial score (nSPS) is 14.7.